The topological polar surface area (TPSA) is 108 Å². The third-order valence-corrected chi connectivity index (χ3v) is 6.37. The summed E-state index contributed by atoms with van der Waals surface area (Å²) in [6, 6.07) is 15.1. The van der Waals surface area contributed by atoms with E-state index >= 15 is 0 Å². The van der Waals surface area contributed by atoms with Crippen molar-refractivity contribution < 1.29 is 18.8 Å². The predicted molar refractivity (Wildman–Crippen MR) is 151 cm³/mol. The summed E-state index contributed by atoms with van der Waals surface area (Å²) in [6.45, 7) is 8.03. The summed E-state index contributed by atoms with van der Waals surface area (Å²) < 4.78 is 12.2. The highest BCUT2D eigenvalue weighted by molar-refractivity contribution is 5.83. The molecule has 2 aromatic carbocycles. The quantitative estimate of drug-likeness (QED) is 0.471. The minimum absolute atomic E-state index is 0.200. The lowest BCUT2D eigenvalue weighted by molar-refractivity contribution is -0.122. The number of halogens is 1. The molecule has 38 heavy (non-hydrogen) atoms. The van der Waals surface area contributed by atoms with Crippen LogP contribution < -0.4 is 16.4 Å². The molecule has 4 rings (SSSR count). The molecule has 2 aliphatic rings. The van der Waals surface area contributed by atoms with E-state index in [4.69, 9.17) is 5.73 Å². The standard InChI is InChI=1S/C11H20N2O.C9H10N2O2.C7H8FN.C2H6/c14-10-12-6-8-13(9-7-12)11-4-2-1-3-5-11;10-9(13)8(11-6-12)7-4-2-1-3-5-7;1-9-7-4-2-6(8)3-5-7;1-2/h10-11H,1-9H2;1-6,8H,(H2,10,13)(H,11,12);2-5,9H,1H3;1-2H3. The fourth-order valence-corrected chi connectivity index (χ4v) is 4.33. The smallest absolute Gasteiger partial charge is 0.244 e. The third kappa shape index (κ3) is 12.2. The first-order valence-corrected chi connectivity index (χ1v) is 13.4. The zero-order chi connectivity index (χ0) is 28.2. The summed E-state index contributed by atoms with van der Waals surface area (Å²) in [5.41, 5.74) is 6.70. The average molecular weight is 530 g/mol. The zero-order valence-corrected chi connectivity index (χ0v) is 22.9. The molecule has 4 N–H and O–H groups in total. The second-order valence-electron chi connectivity index (χ2n) is 8.76. The maximum absolute atomic E-state index is 12.2. The van der Waals surface area contributed by atoms with E-state index in [2.05, 4.69) is 15.5 Å². The van der Waals surface area contributed by atoms with Crippen molar-refractivity contribution in [2.24, 2.45) is 5.73 Å². The number of piperazine rings is 1. The van der Waals surface area contributed by atoms with Gasteiger partial charge in [0.1, 0.15) is 11.9 Å². The van der Waals surface area contributed by atoms with Crippen LogP contribution in [0.2, 0.25) is 0 Å². The molecule has 2 aromatic rings. The minimum atomic E-state index is -0.737. The summed E-state index contributed by atoms with van der Waals surface area (Å²) in [6.07, 6.45) is 8.42. The second-order valence-corrected chi connectivity index (χ2v) is 8.76. The van der Waals surface area contributed by atoms with E-state index in [1.165, 1.54) is 44.2 Å². The van der Waals surface area contributed by atoms with Crippen LogP contribution in [-0.2, 0) is 14.4 Å². The average Bonchev–Trinajstić information content (AvgIpc) is 2.99. The van der Waals surface area contributed by atoms with Crippen molar-refractivity contribution in [3.05, 3.63) is 66.0 Å². The molecule has 1 saturated carbocycles. The normalized spacial score (nSPS) is 16.1. The van der Waals surface area contributed by atoms with E-state index in [0.717, 1.165) is 44.3 Å². The lowest BCUT2D eigenvalue weighted by atomic mass is 9.94. The molecule has 1 unspecified atom stereocenters. The molecule has 210 valence electrons. The molecule has 1 saturated heterocycles. The van der Waals surface area contributed by atoms with E-state index in [-0.39, 0.29) is 5.82 Å². The number of nitrogens with zero attached hydrogens (tertiary/aromatic N) is 2. The van der Waals surface area contributed by atoms with Crippen LogP contribution in [0.4, 0.5) is 10.1 Å². The molecule has 0 radical (unpaired) electrons. The number of benzene rings is 2. The van der Waals surface area contributed by atoms with Crippen LogP contribution in [0, 0.1) is 5.82 Å². The van der Waals surface area contributed by atoms with Gasteiger partial charge in [-0.05, 0) is 42.7 Å². The highest BCUT2D eigenvalue weighted by atomic mass is 19.1. The maximum atomic E-state index is 12.2. The number of nitrogens with two attached hydrogens (primary N) is 1. The molecule has 1 aliphatic heterocycles. The second kappa shape index (κ2) is 19.6. The predicted octanol–water partition coefficient (Wildman–Crippen LogP) is 3.95. The molecule has 3 amide bonds. The monoisotopic (exact) mass is 529 g/mol. The first kappa shape index (κ1) is 32.6. The van der Waals surface area contributed by atoms with Crippen LogP contribution in [0.15, 0.2) is 54.6 Å². The van der Waals surface area contributed by atoms with Crippen molar-refractivity contribution in [3.63, 3.8) is 0 Å². The summed E-state index contributed by atoms with van der Waals surface area (Å²) in [7, 11) is 1.80. The van der Waals surface area contributed by atoms with Gasteiger partial charge in [-0.15, -0.1) is 0 Å². The van der Waals surface area contributed by atoms with Gasteiger partial charge >= 0.3 is 0 Å². The molecule has 1 aliphatic carbocycles. The number of hydrogen-bond acceptors (Lipinski definition) is 5. The van der Waals surface area contributed by atoms with Crippen LogP contribution >= 0.6 is 0 Å². The Morgan fingerprint density at radius 3 is 2.00 bits per heavy atom. The molecule has 0 aromatic heterocycles. The van der Waals surface area contributed by atoms with Crippen molar-refractivity contribution in [2.75, 3.05) is 38.5 Å². The Hall–Kier alpha value is -3.46. The first-order valence-electron chi connectivity index (χ1n) is 13.4. The Bertz CT molecular complexity index is 900. The van der Waals surface area contributed by atoms with E-state index in [1.54, 1.807) is 43.4 Å². The molecule has 8 nitrogen and oxygen atoms in total. The fraction of sp³-hybridized carbons (Fsp3) is 0.483. The lowest BCUT2D eigenvalue weighted by Crippen LogP contribution is -2.50. The number of anilines is 1. The Balaban J connectivity index is 0.000000282. The van der Waals surface area contributed by atoms with E-state index in [0.29, 0.717) is 12.0 Å². The van der Waals surface area contributed by atoms with Crippen LogP contribution in [0.1, 0.15) is 57.6 Å². The van der Waals surface area contributed by atoms with Gasteiger partial charge in [0.05, 0.1) is 0 Å². The van der Waals surface area contributed by atoms with Crippen molar-refractivity contribution >= 4 is 24.4 Å². The van der Waals surface area contributed by atoms with Crippen molar-refractivity contribution in [1.82, 2.24) is 15.1 Å². The summed E-state index contributed by atoms with van der Waals surface area (Å²) in [4.78, 5) is 36.1. The minimum Gasteiger partial charge on any atom is -0.388 e. The highest BCUT2D eigenvalue weighted by Gasteiger charge is 2.24. The molecule has 0 spiro atoms. The Kier molecular flexibility index (Phi) is 16.8. The molecule has 2 fully saturated rings. The number of carbonyl (C=O) groups excluding carboxylic acids is 3. The first-order chi connectivity index (χ1) is 18.5. The Morgan fingerprint density at radius 1 is 0.947 bits per heavy atom. The lowest BCUT2D eigenvalue weighted by Gasteiger charge is -2.39. The Morgan fingerprint density at radius 2 is 1.53 bits per heavy atom. The molecule has 9 heteroatoms. The van der Waals surface area contributed by atoms with Gasteiger partial charge in [0.25, 0.3) is 0 Å². The van der Waals surface area contributed by atoms with E-state index < -0.39 is 11.9 Å². The number of rotatable bonds is 7. The van der Waals surface area contributed by atoms with Gasteiger partial charge in [-0.2, -0.15) is 0 Å². The summed E-state index contributed by atoms with van der Waals surface area (Å²) in [5, 5.41) is 5.23. The van der Waals surface area contributed by atoms with Gasteiger partial charge in [0.2, 0.25) is 18.7 Å². The van der Waals surface area contributed by atoms with Gasteiger partial charge in [-0.1, -0.05) is 63.4 Å². The van der Waals surface area contributed by atoms with E-state index in [1.807, 2.05) is 24.8 Å². The van der Waals surface area contributed by atoms with E-state index in [9.17, 15) is 18.8 Å². The maximum Gasteiger partial charge on any atom is 0.244 e. The zero-order valence-electron chi connectivity index (χ0n) is 22.9. The molecular weight excluding hydrogens is 485 g/mol. The summed E-state index contributed by atoms with van der Waals surface area (Å²) >= 11 is 0. The van der Waals surface area contributed by atoms with Gasteiger partial charge in [-0.25, -0.2) is 4.39 Å². The van der Waals surface area contributed by atoms with Gasteiger partial charge in [0.15, 0.2) is 0 Å². The molecular formula is C29H44FN5O3. The third-order valence-electron chi connectivity index (χ3n) is 6.37. The fourth-order valence-electron chi connectivity index (χ4n) is 4.33. The number of carbonyl (C=O) groups is 3. The summed E-state index contributed by atoms with van der Waals surface area (Å²) in [5.74, 6) is -0.771. The number of nitrogens with one attached hydrogen (secondary N) is 2. The molecule has 1 atom stereocenters. The molecule has 1 heterocycles. The largest absolute Gasteiger partial charge is 0.388 e. The van der Waals surface area contributed by atoms with Crippen LogP contribution in [0.3, 0.4) is 0 Å². The van der Waals surface area contributed by atoms with Crippen LogP contribution in [0.25, 0.3) is 0 Å². The van der Waals surface area contributed by atoms with Gasteiger partial charge in [0, 0.05) is 45.0 Å². The van der Waals surface area contributed by atoms with Crippen molar-refractivity contribution in [1.29, 1.82) is 0 Å². The van der Waals surface area contributed by atoms with Crippen molar-refractivity contribution in [3.8, 4) is 0 Å². The number of primary amides is 1. The van der Waals surface area contributed by atoms with Crippen molar-refractivity contribution in [2.45, 2.75) is 58.0 Å². The number of amides is 3. The number of hydrogen-bond donors (Lipinski definition) is 3. The SMILES string of the molecule is CC.CNc1ccc(F)cc1.NC(=O)C(NC=O)c1ccccc1.O=CN1CCN(C2CCCCC2)CC1. The van der Waals surface area contributed by atoms with Gasteiger partial charge < -0.3 is 21.3 Å². The molecule has 0 bridgehead atoms. The van der Waals surface area contributed by atoms with Gasteiger partial charge in [-0.3, -0.25) is 19.3 Å². The van der Waals surface area contributed by atoms with Crippen LogP contribution in [0.5, 0.6) is 0 Å². The van der Waals surface area contributed by atoms with Crippen LogP contribution in [-0.4, -0.2) is 67.8 Å². The highest BCUT2D eigenvalue weighted by Crippen LogP contribution is 2.23. The Labute approximate surface area is 226 Å².